The average Bonchev–Trinajstić information content (AvgIpc) is 2.21. The Morgan fingerprint density at radius 1 is 1.53 bits per heavy atom. The molecule has 5 nitrogen and oxygen atoms in total. The Bertz CT molecular complexity index is 453. The van der Waals surface area contributed by atoms with Crippen LogP contribution >= 0.6 is 15.9 Å². The number of aliphatic carboxylic acids is 1. The van der Waals surface area contributed by atoms with Crippen molar-refractivity contribution in [3.8, 4) is 0 Å². The predicted octanol–water partition coefficient (Wildman–Crippen LogP) is 1.33. The zero-order valence-corrected chi connectivity index (χ0v) is 10.2. The number of nitrogens with one attached hydrogen (secondary N) is 1. The number of carboxylic acids is 1. The second kappa shape index (κ2) is 5.74. The Morgan fingerprint density at radius 2 is 2.18 bits per heavy atom. The van der Waals surface area contributed by atoms with E-state index in [0.717, 1.165) is 0 Å². The fraction of sp³-hybridized carbons (Fsp3) is 0.200. The summed E-state index contributed by atoms with van der Waals surface area (Å²) >= 11 is 3.06. The summed E-state index contributed by atoms with van der Waals surface area (Å²) in [4.78, 5) is 21.8. The minimum Gasteiger partial charge on any atom is -0.481 e. The molecule has 1 unspecified atom stereocenters. The van der Waals surface area contributed by atoms with Gasteiger partial charge in [0.15, 0.2) is 0 Å². The summed E-state index contributed by atoms with van der Waals surface area (Å²) in [5.74, 6) is -2.25. The topological polar surface area (TPSA) is 92.4 Å². The van der Waals surface area contributed by atoms with Gasteiger partial charge in [0, 0.05) is 4.47 Å². The largest absolute Gasteiger partial charge is 0.481 e. The molecule has 4 N–H and O–H groups in total. The number of benzene rings is 1. The molecule has 0 saturated heterocycles. The molecule has 1 rings (SSSR count). The summed E-state index contributed by atoms with van der Waals surface area (Å²) in [6.07, 6.45) is -0.468. The fourth-order valence-electron chi connectivity index (χ4n) is 1.10. The third-order valence-electron chi connectivity index (χ3n) is 1.92. The summed E-state index contributed by atoms with van der Waals surface area (Å²) in [5, 5.41) is 10.9. The van der Waals surface area contributed by atoms with Gasteiger partial charge in [-0.1, -0.05) is 0 Å². The molecular formula is C10H10BrFN2O3. The van der Waals surface area contributed by atoms with Crippen LogP contribution in [0.25, 0.3) is 0 Å². The standard InChI is InChI=1S/C10H10BrFN2O3/c11-6-3-5(12)1-2-8(6)14-10(17)7(13)4-9(15)16/h1-3,7H,4,13H2,(H,14,17)(H,15,16). The average molecular weight is 305 g/mol. The first kappa shape index (κ1) is 13.6. The number of halogens is 2. The highest BCUT2D eigenvalue weighted by Crippen LogP contribution is 2.23. The molecule has 0 aliphatic rings. The minimum absolute atomic E-state index is 0.331. The molecule has 0 aliphatic heterocycles. The normalized spacial score (nSPS) is 11.9. The molecule has 0 saturated carbocycles. The van der Waals surface area contributed by atoms with E-state index in [1.54, 1.807) is 0 Å². The van der Waals surface area contributed by atoms with Crippen LogP contribution in [-0.4, -0.2) is 23.0 Å². The zero-order chi connectivity index (χ0) is 13.0. The van der Waals surface area contributed by atoms with Crippen LogP contribution in [0.1, 0.15) is 6.42 Å². The lowest BCUT2D eigenvalue weighted by Gasteiger charge is -2.11. The molecule has 1 atom stereocenters. The van der Waals surface area contributed by atoms with Crippen molar-refractivity contribution in [3.63, 3.8) is 0 Å². The summed E-state index contributed by atoms with van der Waals surface area (Å²) < 4.78 is 13.1. The Hall–Kier alpha value is -1.47. The second-order valence-electron chi connectivity index (χ2n) is 3.32. The maximum Gasteiger partial charge on any atom is 0.305 e. The van der Waals surface area contributed by atoms with Crippen molar-refractivity contribution >= 4 is 33.5 Å². The van der Waals surface area contributed by atoms with Crippen molar-refractivity contribution < 1.29 is 19.1 Å². The quantitative estimate of drug-likeness (QED) is 0.782. The van der Waals surface area contributed by atoms with Gasteiger partial charge >= 0.3 is 5.97 Å². The van der Waals surface area contributed by atoms with E-state index in [1.807, 2.05) is 0 Å². The van der Waals surface area contributed by atoms with Crippen molar-refractivity contribution in [1.82, 2.24) is 0 Å². The van der Waals surface area contributed by atoms with E-state index in [2.05, 4.69) is 21.2 Å². The highest BCUT2D eigenvalue weighted by molar-refractivity contribution is 9.10. The maximum atomic E-state index is 12.8. The third kappa shape index (κ3) is 4.12. The predicted molar refractivity (Wildman–Crippen MR) is 63.0 cm³/mol. The molecule has 0 heterocycles. The fourth-order valence-corrected chi connectivity index (χ4v) is 1.55. The van der Waals surface area contributed by atoms with Crippen molar-refractivity contribution in [2.24, 2.45) is 5.73 Å². The van der Waals surface area contributed by atoms with E-state index < -0.39 is 30.2 Å². The van der Waals surface area contributed by atoms with Gasteiger partial charge in [-0.05, 0) is 34.1 Å². The summed E-state index contributed by atoms with van der Waals surface area (Å²) in [5.41, 5.74) is 5.69. The number of rotatable bonds is 4. The lowest BCUT2D eigenvalue weighted by molar-refractivity contribution is -0.138. The Balaban J connectivity index is 2.71. The van der Waals surface area contributed by atoms with Gasteiger partial charge in [0.2, 0.25) is 5.91 Å². The molecule has 0 spiro atoms. The van der Waals surface area contributed by atoms with Gasteiger partial charge in [-0.3, -0.25) is 9.59 Å². The third-order valence-corrected chi connectivity index (χ3v) is 2.58. The molecule has 1 aromatic carbocycles. The molecule has 1 aromatic rings. The molecule has 0 bridgehead atoms. The molecule has 0 fully saturated rings. The zero-order valence-electron chi connectivity index (χ0n) is 8.61. The molecular weight excluding hydrogens is 295 g/mol. The van der Waals surface area contributed by atoms with E-state index in [9.17, 15) is 14.0 Å². The van der Waals surface area contributed by atoms with Crippen molar-refractivity contribution in [2.75, 3.05) is 5.32 Å². The number of carbonyl (C=O) groups is 2. The van der Waals surface area contributed by atoms with Gasteiger partial charge in [0.25, 0.3) is 0 Å². The summed E-state index contributed by atoms with van der Waals surface area (Å²) in [6, 6.07) is 2.55. The number of amides is 1. The van der Waals surface area contributed by atoms with E-state index >= 15 is 0 Å². The first-order chi connectivity index (χ1) is 7.90. The van der Waals surface area contributed by atoms with E-state index in [-0.39, 0.29) is 0 Å². The molecule has 1 amide bonds. The number of anilines is 1. The Labute approximate surface area is 105 Å². The van der Waals surface area contributed by atoms with Crippen molar-refractivity contribution in [2.45, 2.75) is 12.5 Å². The Kier molecular flexibility index (Phi) is 4.59. The number of carboxylic acid groups (broad SMARTS) is 1. The van der Waals surface area contributed by atoms with Gasteiger partial charge < -0.3 is 16.2 Å². The van der Waals surface area contributed by atoms with E-state index in [1.165, 1.54) is 18.2 Å². The monoisotopic (exact) mass is 304 g/mol. The molecule has 7 heteroatoms. The lowest BCUT2D eigenvalue weighted by atomic mass is 10.2. The van der Waals surface area contributed by atoms with Crippen LogP contribution in [0.3, 0.4) is 0 Å². The number of carbonyl (C=O) groups excluding carboxylic acids is 1. The van der Waals surface area contributed by atoms with Crippen LogP contribution in [0, 0.1) is 5.82 Å². The lowest BCUT2D eigenvalue weighted by Crippen LogP contribution is -2.37. The van der Waals surface area contributed by atoms with Crippen LogP contribution in [0.2, 0.25) is 0 Å². The Morgan fingerprint density at radius 3 is 2.71 bits per heavy atom. The van der Waals surface area contributed by atoms with Gasteiger partial charge in [-0.15, -0.1) is 0 Å². The van der Waals surface area contributed by atoms with Crippen LogP contribution in [-0.2, 0) is 9.59 Å². The summed E-state index contributed by atoms with van der Waals surface area (Å²) in [7, 11) is 0. The molecule has 0 radical (unpaired) electrons. The SMILES string of the molecule is NC(CC(=O)O)C(=O)Nc1ccc(F)cc1Br. The second-order valence-corrected chi connectivity index (χ2v) is 4.17. The maximum absolute atomic E-state index is 12.8. The highest BCUT2D eigenvalue weighted by atomic mass is 79.9. The van der Waals surface area contributed by atoms with Crippen LogP contribution in [0.4, 0.5) is 10.1 Å². The van der Waals surface area contributed by atoms with E-state index in [0.29, 0.717) is 10.2 Å². The molecule has 0 aliphatic carbocycles. The number of hydrogen-bond donors (Lipinski definition) is 3. The number of hydrogen-bond acceptors (Lipinski definition) is 3. The highest BCUT2D eigenvalue weighted by Gasteiger charge is 2.17. The minimum atomic E-state index is -1.16. The van der Waals surface area contributed by atoms with Gasteiger partial charge in [0.1, 0.15) is 5.82 Å². The van der Waals surface area contributed by atoms with Gasteiger partial charge in [-0.25, -0.2) is 4.39 Å². The molecule has 17 heavy (non-hydrogen) atoms. The van der Waals surface area contributed by atoms with Crippen molar-refractivity contribution in [3.05, 3.63) is 28.5 Å². The van der Waals surface area contributed by atoms with Crippen LogP contribution in [0.5, 0.6) is 0 Å². The first-order valence-corrected chi connectivity index (χ1v) is 5.42. The molecule has 0 aromatic heterocycles. The van der Waals surface area contributed by atoms with Gasteiger partial charge in [0.05, 0.1) is 18.2 Å². The van der Waals surface area contributed by atoms with Crippen molar-refractivity contribution in [1.29, 1.82) is 0 Å². The summed E-state index contributed by atoms with van der Waals surface area (Å²) in [6.45, 7) is 0. The first-order valence-electron chi connectivity index (χ1n) is 4.63. The van der Waals surface area contributed by atoms with Gasteiger partial charge in [-0.2, -0.15) is 0 Å². The van der Waals surface area contributed by atoms with Crippen LogP contribution in [0.15, 0.2) is 22.7 Å². The van der Waals surface area contributed by atoms with E-state index in [4.69, 9.17) is 10.8 Å². The smallest absolute Gasteiger partial charge is 0.305 e. The van der Waals surface area contributed by atoms with Crippen LogP contribution < -0.4 is 11.1 Å². The molecule has 92 valence electrons. The number of nitrogens with two attached hydrogens (primary N) is 1.